The lowest BCUT2D eigenvalue weighted by Crippen LogP contribution is -2.52. The van der Waals surface area contributed by atoms with Crippen molar-refractivity contribution < 1.29 is 56.9 Å². The number of ether oxygens (including phenoxy) is 3. The van der Waals surface area contributed by atoms with Crippen LogP contribution < -0.4 is 16.0 Å². The Labute approximate surface area is 443 Å². The van der Waals surface area contributed by atoms with Gasteiger partial charge in [-0.1, -0.05) is 131 Å². The molecule has 0 fully saturated rings. The van der Waals surface area contributed by atoms with Gasteiger partial charge in [-0.15, -0.1) is 11.8 Å². The molecule has 0 saturated heterocycles. The highest BCUT2D eigenvalue weighted by atomic mass is 32.2. The summed E-state index contributed by atoms with van der Waals surface area (Å²) in [7, 11) is -1.47. The molecular weight excluding hydrogens is 1000 g/mol. The summed E-state index contributed by atoms with van der Waals surface area (Å²) in [5.74, 6) is -5.20. The molecule has 0 saturated carbocycles. The largest absolute Gasteiger partial charge is 0.480 e. The highest BCUT2D eigenvalue weighted by Crippen LogP contribution is 2.41. The molecule has 75 heavy (non-hydrogen) atoms. The Morgan fingerprint density at radius 3 is 1.97 bits per heavy atom. The fourth-order valence-electron chi connectivity index (χ4n) is 7.99. The molecule has 3 atom stereocenters. The van der Waals surface area contributed by atoms with Crippen LogP contribution in [0.5, 0.6) is 0 Å². The van der Waals surface area contributed by atoms with E-state index in [9.17, 15) is 38.3 Å². The molecule has 0 aliphatic rings. The van der Waals surface area contributed by atoms with E-state index in [4.69, 9.17) is 14.2 Å². The van der Waals surface area contributed by atoms with E-state index in [1.165, 1.54) is 0 Å². The van der Waals surface area contributed by atoms with E-state index in [0.717, 1.165) is 47.1 Å². The molecule has 0 aliphatic heterocycles. The standard InChI is InChI=1S/C56H69F2N5O10SSi/c1-56(2,3)51(48-31-42(44-32-43(57)23-24-45(44)58)34-62(48)33-39-17-10-7-11-18-39)63(28-16-27-59-54(69)71-29-30-75(4,5)6)49(64)38-74-37-47(53(67)68)60-52(66)46(61-55(70)73-36-41-21-14-9-15-22-41)25-26-50(65)72-35-40-19-12-8-13-20-40/h7-15,17-24,31-32,34,46-47,51H,16,25-30,33,35-38H2,1-6H3,(H,59,69)(H,60,66)(H,61,70)(H,67,68). The minimum Gasteiger partial charge on any atom is -0.480 e. The summed E-state index contributed by atoms with van der Waals surface area (Å²) >= 11 is 0.956. The number of esters is 1. The van der Waals surface area contributed by atoms with Crippen LogP contribution in [0.1, 0.15) is 68.5 Å². The maximum atomic E-state index is 15.4. The Kier molecular flexibility index (Phi) is 22.5. The fraction of sp³-hybridized carbons (Fsp3) is 0.393. The Hall–Kier alpha value is -6.99. The number of carboxylic acid groups (broad SMARTS) is 1. The second-order valence-corrected chi connectivity index (χ2v) is 27.0. The summed E-state index contributed by atoms with van der Waals surface area (Å²) < 4.78 is 48.1. The summed E-state index contributed by atoms with van der Waals surface area (Å²) in [4.78, 5) is 81.6. The van der Waals surface area contributed by atoms with Crippen molar-refractivity contribution >= 4 is 55.8 Å². The first-order chi connectivity index (χ1) is 35.7. The van der Waals surface area contributed by atoms with E-state index in [1.54, 1.807) is 71.8 Å². The summed E-state index contributed by atoms with van der Waals surface area (Å²) in [6.07, 6.45) is -0.114. The van der Waals surface area contributed by atoms with Crippen LogP contribution in [0.3, 0.4) is 0 Å². The number of carboxylic acids is 1. The first kappa shape index (κ1) is 58.9. The smallest absolute Gasteiger partial charge is 0.408 e. The zero-order chi connectivity index (χ0) is 54.5. The number of carbonyl (C=O) groups is 6. The molecular formula is C56H69F2N5O10SSi. The second-order valence-electron chi connectivity index (χ2n) is 20.3. The maximum Gasteiger partial charge on any atom is 0.408 e. The van der Waals surface area contributed by atoms with Crippen molar-refractivity contribution in [1.82, 2.24) is 25.4 Å². The average molecular weight is 1070 g/mol. The van der Waals surface area contributed by atoms with E-state index in [-0.39, 0.29) is 69.2 Å². The first-order valence-electron chi connectivity index (χ1n) is 24.8. The normalized spacial score (nSPS) is 12.6. The van der Waals surface area contributed by atoms with Gasteiger partial charge in [0.15, 0.2) is 0 Å². The van der Waals surface area contributed by atoms with Crippen molar-refractivity contribution in [2.75, 3.05) is 31.2 Å². The number of nitrogens with one attached hydrogen (secondary N) is 3. The number of carbonyl (C=O) groups excluding carboxylic acids is 5. The predicted molar refractivity (Wildman–Crippen MR) is 287 cm³/mol. The van der Waals surface area contributed by atoms with Crippen molar-refractivity contribution in [2.45, 2.75) is 104 Å². The van der Waals surface area contributed by atoms with Gasteiger partial charge in [0.1, 0.15) is 36.9 Å². The number of thioether (sulfide) groups is 1. The van der Waals surface area contributed by atoms with Crippen molar-refractivity contribution in [2.24, 2.45) is 5.41 Å². The molecule has 1 aromatic heterocycles. The number of halogens is 2. The number of nitrogens with zero attached hydrogens (tertiary/aromatic N) is 2. The SMILES string of the molecule is CC(C)(C)C(c1cc(-c2cc(F)ccc2F)cn1Cc1ccccc1)N(CCCNC(=O)OCC[Si](C)(C)C)C(=O)CSCC(NC(=O)C(CCC(=O)OCc1ccccc1)NC(=O)OCc1ccccc1)C(=O)O. The Bertz CT molecular complexity index is 2670. The van der Waals surface area contributed by atoms with Crippen molar-refractivity contribution in [1.29, 1.82) is 0 Å². The van der Waals surface area contributed by atoms with Gasteiger partial charge in [-0.2, -0.15) is 0 Å². The van der Waals surface area contributed by atoms with E-state index in [0.29, 0.717) is 23.4 Å². The molecule has 19 heteroatoms. The first-order valence-corrected chi connectivity index (χ1v) is 29.7. The van der Waals surface area contributed by atoms with Gasteiger partial charge in [-0.05, 0) is 65.3 Å². The fourth-order valence-corrected chi connectivity index (χ4v) is 9.63. The van der Waals surface area contributed by atoms with Gasteiger partial charge in [0, 0.05) is 62.9 Å². The molecule has 3 unspecified atom stereocenters. The van der Waals surface area contributed by atoms with Crippen molar-refractivity contribution in [3.05, 3.63) is 155 Å². The zero-order valence-corrected chi connectivity index (χ0v) is 45.3. The van der Waals surface area contributed by atoms with Crippen LogP contribution in [0.2, 0.25) is 25.7 Å². The lowest BCUT2D eigenvalue weighted by atomic mass is 9.83. The third kappa shape index (κ3) is 20.0. The van der Waals surface area contributed by atoms with Crippen LogP contribution in [-0.2, 0) is 53.1 Å². The van der Waals surface area contributed by atoms with Gasteiger partial charge < -0.3 is 44.7 Å². The Morgan fingerprint density at radius 2 is 1.37 bits per heavy atom. The van der Waals surface area contributed by atoms with Gasteiger partial charge >= 0.3 is 24.1 Å². The van der Waals surface area contributed by atoms with Gasteiger partial charge in [-0.3, -0.25) is 14.4 Å². The number of aliphatic carboxylic acids is 1. The number of hydrogen-bond donors (Lipinski definition) is 4. The zero-order valence-electron chi connectivity index (χ0n) is 43.4. The number of alkyl carbamates (subject to hydrolysis) is 2. The van der Waals surface area contributed by atoms with Crippen LogP contribution in [0.4, 0.5) is 18.4 Å². The molecule has 4 aromatic carbocycles. The highest BCUT2D eigenvalue weighted by molar-refractivity contribution is 8.00. The molecule has 5 aromatic rings. The number of aromatic nitrogens is 1. The molecule has 0 aliphatic carbocycles. The molecule has 0 radical (unpaired) electrons. The van der Waals surface area contributed by atoms with Gasteiger partial charge in [0.25, 0.3) is 0 Å². The number of rotatable bonds is 27. The maximum absolute atomic E-state index is 15.4. The predicted octanol–water partition coefficient (Wildman–Crippen LogP) is 9.97. The third-order valence-electron chi connectivity index (χ3n) is 11.9. The Balaban J connectivity index is 1.37. The molecule has 5 rings (SSSR count). The van der Waals surface area contributed by atoms with Gasteiger partial charge in [0.2, 0.25) is 11.8 Å². The molecule has 4 amide bonds. The van der Waals surface area contributed by atoms with Crippen LogP contribution in [0.15, 0.2) is 121 Å². The highest BCUT2D eigenvalue weighted by Gasteiger charge is 2.38. The van der Waals surface area contributed by atoms with Gasteiger partial charge in [0.05, 0.1) is 18.4 Å². The van der Waals surface area contributed by atoms with E-state index >= 15 is 4.39 Å². The summed E-state index contributed by atoms with van der Waals surface area (Å²) in [6, 6.07) is 29.4. The van der Waals surface area contributed by atoms with Crippen molar-refractivity contribution in [3.8, 4) is 11.1 Å². The van der Waals surface area contributed by atoms with Crippen molar-refractivity contribution in [3.63, 3.8) is 0 Å². The molecule has 0 spiro atoms. The Morgan fingerprint density at radius 1 is 0.760 bits per heavy atom. The second kappa shape index (κ2) is 28.6. The molecule has 402 valence electrons. The number of amides is 4. The summed E-state index contributed by atoms with van der Waals surface area (Å²) in [6.45, 7) is 13.1. The van der Waals surface area contributed by atoms with Crippen LogP contribution in [-0.4, -0.2) is 102 Å². The molecule has 0 bridgehead atoms. The molecule has 4 N–H and O–H groups in total. The van der Waals surface area contributed by atoms with Crippen LogP contribution in [0.25, 0.3) is 11.1 Å². The van der Waals surface area contributed by atoms with Crippen LogP contribution >= 0.6 is 11.8 Å². The van der Waals surface area contributed by atoms with Gasteiger partial charge in [-0.25, -0.2) is 23.2 Å². The van der Waals surface area contributed by atoms with E-state index in [1.807, 2.05) is 61.7 Å². The minimum absolute atomic E-state index is 0.0190. The third-order valence-corrected chi connectivity index (χ3v) is 14.6. The van der Waals surface area contributed by atoms with E-state index < -0.39 is 79.2 Å². The average Bonchev–Trinajstić information content (AvgIpc) is 3.77. The topological polar surface area (TPSA) is 195 Å². The lowest BCUT2D eigenvalue weighted by Gasteiger charge is -2.41. The number of hydrogen-bond acceptors (Lipinski definition) is 10. The molecule has 15 nitrogen and oxygen atoms in total. The lowest BCUT2D eigenvalue weighted by molar-refractivity contribution is -0.145. The number of benzene rings is 4. The molecule has 1 heterocycles. The summed E-state index contributed by atoms with van der Waals surface area (Å²) in [5.41, 5.74) is 2.66. The van der Waals surface area contributed by atoms with E-state index in [2.05, 4.69) is 35.6 Å². The van der Waals surface area contributed by atoms with Crippen LogP contribution in [0, 0.1) is 17.0 Å². The quantitative estimate of drug-likeness (QED) is 0.0169. The monoisotopic (exact) mass is 1070 g/mol. The minimum atomic E-state index is -1.56. The summed E-state index contributed by atoms with van der Waals surface area (Å²) in [5, 5.41) is 18.1.